The van der Waals surface area contributed by atoms with Gasteiger partial charge in [-0.2, -0.15) is 0 Å². The zero-order chi connectivity index (χ0) is 11.7. The van der Waals surface area contributed by atoms with Crippen LogP contribution in [0.25, 0.3) is 0 Å². The number of halogens is 1. The van der Waals surface area contributed by atoms with Crippen LogP contribution < -0.4 is 26.5 Å². The molecule has 3 fully saturated rings. The molecule has 1 atom stereocenters. The van der Waals surface area contributed by atoms with E-state index in [9.17, 15) is 4.79 Å². The molecule has 1 amide bonds. The van der Waals surface area contributed by atoms with Crippen LogP contribution in [0.5, 0.6) is 0 Å². The molecule has 4 heterocycles. The second-order valence-electron chi connectivity index (χ2n) is 4.72. The van der Waals surface area contributed by atoms with Crippen molar-refractivity contribution < 1.29 is 26.0 Å². The van der Waals surface area contributed by atoms with Gasteiger partial charge in [0.15, 0.2) is 0 Å². The van der Waals surface area contributed by atoms with Gasteiger partial charge in [0.05, 0.1) is 0 Å². The number of piperidine rings is 3. The Hall–Kier alpha value is 0.440. The predicted octanol–water partition coefficient (Wildman–Crippen LogP) is -2.58. The van der Waals surface area contributed by atoms with Crippen LogP contribution in [0.4, 0.5) is 4.79 Å². The van der Waals surface area contributed by atoms with E-state index in [-0.39, 0.29) is 3.91 Å². The van der Waals surface area contributed by atoms with Crippen LogP contribution in [0.2, 0.25) is 0 Å². The van der Waals surface area contributed by atoms with E-state index in [4.69, 9.17) is 0 Å². The van der Waals surface area contributed by atoms with Gasteiger partial charge in [-0.05, 0) is 0 Å². The van der Waals surface area contributed by atoms with Crippen molar-refractivity contribution in [3.63, 3.8) is 0 Å². The Morgan fingerprint density at radius 2 is 2.35 bits per heavy atom. The van der Waals surface area contributed by atoms with E-state index >= 15 is 0 Å². The van der Waals surface area contributed by atoms with Gasteiger partial charge in [-0.3, -0.25) is 0 Å². The van der Waals surface area contributed by atoms with Crippen molar-refractivity contribution in [2.45, 2.75) is 18.9 Å². The summed E-state index contributed by atoms with van der Waals surface area (Å²) in [6.07, 6.45) is 4.61. The number of rotatable bonds is 3. The average Bonchev–Trinajstić information content (AvgIpc) is 2.83. The Morgan fingerprint density at radius 1 is 1.53 bits per heavy atom. The van der Waals surface area contributed by atoms with Gasteiger partial charge in [-0.15, -0.1) is 0 Å². The number of allylic oxidation sites excluding steroid dienone is 1. The van der Waals surface area contributed by atoms with Crippen molar-refractivity contribution in [3.05, 3.63) is 9.91 Å². The van der Waals surface area contributed by atoms with Crippen LogP contribution in [-0.4, -0.2) is 61.4 Å². The van der Waals surface area contributed by atoms with E-state index in [1.54, 1.807) is 0 Å². The van der Waals surface area contributed by atoms with Gasteiger partial charge < -0.3 is 0 Å². The molecule has 0 spiro atoms. The molecule has 6 heteroatoms. The Balaban J connectivity index is 1.53. The number of nitrogens with zero attached hydrogens (tertiary/aromatic N) is 2. The summed E-state index contributed by atoms with van der Waals surface area (Å²) in [5.41, 5.74) is 0. The molecule has 4 nitrogen and oxygen atoms in total. The molecule has 91 valence electrons. The SMILES string of the molecule is O=C(N[C@H]1CN2CCC1CC2)[I-]C1=[N][In][CH]=C1. The van der Waals surface area contributed by atoms with Gasteiger partial charge in [-0.25, -0.2) is 0 Å². The fraction of sp³-hybridized carbons (Fsp3) is 0.636. The molecule has 1 N–H and O–H groups in total. The van der Waals surface area contributed by atoms with E-state index in [0.29, 0.717) is 6.04 Å². The minimum atomic E-state index is -0.746. The number of hydrogen-bond acceptors (Lipinski definition) is 3. The van der Waals surface area contributed by atoms with Crippen LogP contribution in [0.3, 0.4) is 0 Å². The summed E-state index contributed by atoms with van der Waals surface area (Å²) in [4.78, 5) is 14.4. The predicted molar refractivity (Wildman–Crippen MR) is 63.8 cm³/mol. The molecule has 17 heavy (non-hydrogen) atoms. The first kappa shape index (κ1) is 12.5. The molecule has 0 unspecified atom stereocenters. The van der Waals surface area contributed by atoms with Gasteiger partial charge in [0.1, 0.15) is 0 Å². The third-order valence-corrected chi connectivity index (χ3v) is 9.41. The number of carbonyl (C=O) groups is 1. The fourth-order valence-corrected chi connectivity index (χ4v) is 9.10. The van der Waals surface area contributed by atoms with Crippen molar-refractivity contribution in [2.24, 2.45) is 8.90 Å². The molecule has 3 saturated heterocycles. The van der Waals surface area contributed by atoms with Crippen molar-refractivity contribution in [3.8, 4) is 0 Å². The van der Waals surface area contributed by atoms with Crippen LogP contribution >= 0.6 is 0 Å². The second kappa shape index (κ2) is 5.61. The first-order valence-corrected chi connectivity index (χ1v) is 11.6. The molecular weight excluding hydrogens is 432 g/mol. The second-order valence-corrected chi connectivity index (χ2v) is 10.0. The maximum absolute atomic E-state index is 12.0. The summed E-state index contributed by atoms with van der Waals surface area (Å²) in [7, 11) is 0. The normalized spacial score (nSPS) is 34.6. The Kier molecular flexibility index (Phi) is 4.11. The van der Waals surface area contributed by atoms with Crippen LogP contribution in [0.15, 0.2) is 12.9 Å². The monoisotopic (exact) mass is 447 g/mol. The summed E-state index contributed by atoms with van der Waals surface area (Å²) < 4.78 is 8.09. The quantitative estimate of drug-likeness (QED) is 0.294. The van der Waals surface area contributed by atoms with Gasteiger partial charge in [0.2, 0.25) is 0 Å². The van der Waals surface area contributed by atoms with Crippen molar-refractivity contribution in [2.75, 3.05) is 19.6 Å². The van der Waals surface area contributed by atoms with Gasteiger partial charge in [-0.1, -0.05) is 0 Å². The summed E-state index contributed by atoms with van der Waals surface area (Å²) in [5, 5.41) is 3.25. The van der Waals surface area contributed by atoms with E-state index in [2.05, 4.69) is 23.1 Å². The van der Waals surface area contributed by atoms with E-state index < -0.39 is 44.4 Å². The standard InChI is InChI=1S/C11H15IN3O.In/c1-2-10(13)12-11(16)14-9-7-15-5-3-8(9)4-6-15;/h1-2,8-9H,3-7H2,(H,14,16);/q-2;+1/t9-;/m0./s1. The Morgan fingerprint density at radius 3 is 2.94 bits per heavy atom. The topological polar surface area (TPSA) is 44.7 Å². The molecule has 0 aromatic heterocycles. The van der Waals surface area contributed by atoms with Crippen molar-refractivity contribution in [1.82, 2.24) is 10.2 Å². The third-order valence-electron chi connectivity index (χ3n) is 3.66. The van der Waals surface area contributed by atoms with E-state index in [0.717, 1.165) is 16.2 Å². The zero-order valence-corrected chi connectivity index (χ0v) is 15.1. The molecule has 4 aliphatic heterocycles. The number of nitrogens with one attached hydrogen (secondary N) is 1. The maximum atomic E-state index is 12.0. The molecule has 4 rings (SSSR count). The van der Waals surface area contributed by atoms with Crippen LogP contribution in [-0.2, 0) is 0 Å². The number of hydrogen-bond donors (Lipinski definition) is 1. The molecule has 0 saturated carbocycles. The fourth-order valence-electron chi connectivity index (χ4n) is 2.73. The Bertz CT molecular complexity index is 377. The average molecular weight is 447 g/mol. The molecule has 1 radical (unpaired) electrons. The number of amides is 1. The first-order valence-electron chi connectivity index (χ1n) is 6.06. The van der Waals surface area contributed by atoms with Gasteiger partial charge >= 0.3 is 124 Å². The number of carbonyl (C=O) groups excluding carboxylic acids is 1. The summed E-state index contributed by atoms with van der Waals surface area (Å²) in [6.45, 7) is 3.53. The summed E-state index contributed by atoms with van der Waals surface area (Å²) in [6, 6.07) is 0.414. The molecule has 2 bridgehead atoms. The van der Waals surface area contributed by atoms with E-state index in [1.807, 2.05) is 0 Å². The molecule has 0 aliphatic carbocycles. The van der Waals surface area contributed by atoms with Gasteiger partial charge in [0.25, 0.3) is 0 Å². The van der Waals surface area contributed by atoms with E-state index in [1.165, 1.54) is 25.9 Å². The minimum absolute atomic E-state index is 0.274. The van der Waals surface area contributed by atoms with Crippen molar-refractivity contribution in [1.29, 1.82) is 0 Å². The summed E-state index contributed by atoms with van der Waals surface area (Å²) in [5.74, 6) is 0.729. The van der Waals surface area contributed by atoms with Crippen LogP contribution in [0, 0.1) is 5.92 Å². The van der Waals surface area contributed by atoms with Gasteiger partial charge in [0, 0.05) is 0 Å². The zero-order valence-electron chi connectivity index (χ0n) is 9.60. The molecule has 4 aliphatic rings. The first-order chi connectivity index (χ1) is 8.31. The third kappa shape index (κ3) is 3.07. The summed E-state index contributed by atoms with van der Waals surface area (Å²) >= 11 is -1.28. The molecule has 0 aromatic carbocycles. The van der Waals surface area contributed by atoms with Crippen LogP contribution in [0.1, 0.15) is 12.8 Å². The molecule has 0 aromatic rings. The Labute approximate surface area is 123 Å². The number of fused-ring (bicyclic) bond motifs is 3. The van der Waals surface area contributed by atoms with Crippen molar-refractivity contribution >= 4 is 30.8 Å². The molecular formula is C11H15IInN3O-.